The molecular formula is C20H25NO3. The molecule has 0 saturated carbocycles. The Morgan fingerprint density at radius 3 is 2.38 bits per heavy atom. The quantitative estimate of drug-likeness (QED) is 0.840. The van der Waals surface area contributed by atoms with E-state index >= 15 is 0 Å². The maximum absolute atomic E-state index is 12.2. The summed E-state index contributed by atoms with van der Waals surface area (Å²) in [7, 11) is 0. The summed E-state index contributed by atoms with van der Waals surface area (Å²) < 4.78 is 11.3. The van der Waals surface area contributed by atoms with Crippen LogP contribution in [0.3, 0.4) is 0 Å². The average Bonchev–Trinajstić information content (AvgIpc) is 2.54. The molecule has 0 heterocycles. The molecule has 0 saturated heterocycles. The molecule has 0 aliphatic rings. The summed E-state index contributed by atoms with van der Waals surface area (Å²) in [6.07, 6.45) is -0.430. The van der Waals surface area contributed by atoms with Crippen LogP contribution in [0.15, 0.2) is 48.5 Å². The van der Waals surface area contributed by atoms with Crippen molar-refractivity contribution in [2.45, 2.75) is 46.4 Å². The number of amides is 1. The van der Waals surface area contributed by atoms with E-state index in [4.69, 9.17) is 9.47 Å². The van der Waals surface area contributed by atoms with Crippen molar-refractivity contribution in [2.24, 2.45) is 0 Å². The van der Waals surface area contributed by atoms with Crippen LogP contribution in [0, 0.1) is 6.92 Å². The Kier molecular flexibility index (Phi) is 6.24. The Hall–Kier alpha value is -2.49. The molecule has 0 aromatic heterocycles. The summed E-state index contributed by atoms with van der Waals surface area (Å²) in [5, 5.41) is 2.89. The van der Waals surface area contributed by atoms with Crippen molar-refractivity contribution in [1.29, 1.82) is 0 Å². The van der Waals surface area contributed by atoms with E-state index in [0.717, 1.165) is 16.9 Å². The number of hydrogen-bond acceptors (Lipinski definition) is 3. The number of aryl methyl sites for hydroxylation is 1. The van der Waals surface area contributed by atoms with Crippen molar-refractivity contribution < 1.29 is 14.3 Å². The van der Waals surface area contributed by atoms with Crippen LogP contribution >= 0.6 is 0 Å². The highest BCUT2D eigenvalue weighted by atomic mass is 16.5. The molecule has 24 heavy (non-hydrogen) atoms. The smallest absolute Gasteiger partial charge is 0.261 e. The number of hydrogen-bond donors (Lipinski definition) is 1. The monoisotopic (exact) mass is 327 g/mol. The lowest BCUT2D eigenvalue weighted by atomic mass is 10.2. The van der Waals surface area contributed by atoms with Crippen LogP contribution in [0.5, 0.6) is 11.5 Å². The average molecular weight is 327 g/mol. The van der Waals surface area contributed by atoms with Crippen molar-refractivity contribution in [3.05, 3.63) is 59.7 Å². The van der Waals surface area contributed by atoms with E-state index in [2.05, 4.69) is 5.32 Å². The standard InChI is InChI=1S/C20H25NO3/c1-14(2)23-19-7-5-6-17(12-19)13-21-20(22)16(4)24-18-10-8-15(3)9-11-18/h5-12,14,16H,13H2,1-4H3,(H,21,22)/t16-/m1/s1. The third kappa shape index (κ3) is 5.61. The maximum atomic E-state index is 12.2. The zero-order chi connectivity index (χ0) is 17.5. The Labute approximate surface area is 143 Å². The molecule has 4 heteroatoms. The van der Waals surface area contributed by atoms with E-state index < -0.39 is 6.10 Å². The minimum absolute atomic E-state index is 0.123. The molecule has 1 N–H and O–H groups in total. The lowest BCUT2D eigenvalue weighted by Crippen LogP contribution is -2.35. The summed E-state index contributed by atoms with van der Waals surface area (Å²) in [5.41, 5.74) is 2.15. The molecule has 0 spiro atoms. The van der Waals surface area contributed by atoms with E-state index in [1.165, 1.54) is 0 Å². The first-order chi connectivity index (χ1) is 11.4. The number of carbonyl (C=O) groups excluding carboxylic acids is 1. The normalized spacial score (nSPS) is 11.9. The number of ether oxygens (including phenoxy) is 2. The first-order valence-corrected chi connectivity index (χ1v) is 8.20. The van der Waals surface area contributed by atoms with Gasteiger partial charge < -0.3 is 14.8 Å². The van der Waals surface area contributed by atoms with Crippen LogP contribution in [0.1, 0.15) is 31.9 Å². The maximum Gasteiger partial charge on any atom is 0.261 e. The van der Waals surface area contributed by atoms with Crippen LogP contribution in [0.2, 0.25) is 0 Å². The second-order valence-corrected chi connectivity index (χ2v) is 6.10. The predicted octanol–water partition coefficient (Wildman–Crippen LogP) is 3.87. The first-order valence-electron chi connectivity index (χ1n) is 8.20. The van der Waals surface area contributed by atoms with E-state index in [1.807, 2.05) is 69.3 Å². The van der Waals surface area contributed by atoms with Gasteiger partial charge in [0.05, 0.1) is 6.10 Å². The highest BCUT2D eigenvalue weighted by Gasteiger charge is 2.14. The number of benzene rings is 2. The van der Waals surface area contributed by atoms with Gasteiger partial charge in [0, 0.05) is 6.54 Å². The van der Waals surface area contributed by atoms with Crippen LogP contribution in [0.25, 0.3) is 0 Å². The Balaban J connectivity index is 1.86. The molecule has 4 nitrogen and oxygen atoms in total. The van der Waals surface area contributed by atoms with Crippen molar-refractivity contribution >= 4 is 5.91 Å². The Bertz CT molecular complexity index is 665. The zero-order valence-electron chi connectivity index (χ0n) is 14.7. The summed E-state index contributed by atoms with van der Waals surface area (Å²) in [6, 6.07) is 15.4. The molecule has 2 aromatic rings. The molecule has 2 aromatic carbocycles. The van der Waals surface area contributed by atoms with Gasteiger partial charge in [-0.05, 0) is 57.5 Å². The number of rotatable bonds is 7. The molecular weight excluding hydrogens is 302 g/mol. The Morgan fingerprint density at radius 1 is 1.00 bits per heavy atom. The molecule has 0 radical (unpaired) electrons. The molecule has 0 aliphatic carbocycles. The van der Waals surface area contributed by atoms with Gasteiger partial charge >= 0.3 is 0 Å². The third-order valence-electron chi connectivity index (χ3n) is 3.44. The summed E-state index contributed by atoms with van der Waals surface area (Å²) in [6.45, 7) is 8.16. The molecule has 1 amide bonds. The van der Waals surface area contributed by atoms with Crippen molar-refractivity contribution in [2.75, 3.05) is 0 Å². The van der Waals surface area contributed by atoms with Gasteiger partial charge in [0.25, 0.3) is 5.91 Å². The predicted molar refractivity (Wildman–Crippen MR) is 95.3 cm³/mol. The van der Waals surface area contributed by atoms with Gasteiger partial charge in [-0.2, -0.15) is 0 Å². The third-order valence-corrected chi connectivity index (χ3v) is 3.44. The highest BCUT2D eigenvalue weighted by molar-refractivity contribution is 5.80. The van der Waals surface area contributed by atoms with Crippen molar-refractivity contribution in [1.82, 2.24) is 5.32 Å². The summed E-state index contributed by atoms with van der Waals surface area (Å²) >= 11 is 0. The van der Waals surface area contributed by atoms with Gasteiger partial charge in [0.2, 0.25) is 0 Å². The minimum atomic E-state index is -0.553. The van der Waals surface area contributed by atoms with E-state index in [9.17, 15) is 4.79 Å². The number of nitrogens with one attached hydrogen (secondary N) is 1. The fourth-order valence-electron chi connectivity index (χ4n) is 2.21. The lowest BCUT2D eigenvalue weighted by Gasteiger charge is -2.15. The van der Waals surface area contributed by atoms with Crippen LogP contribution < -0.4 is 14.8 Å². The lowest BCUT2D eigenvalue weighted by molar-refractivity contribution is -0.127. The molecule has 128 valence electrons. The molecule has 1 atom stereocenters. The molecule has 0 unspecified atom stereocenters. The zero-order valence-corrected chi connectivity index (χ0v) is 14.7. The molecule has 0 fully saturated rings. The van der Waals surface area contributed by atoms with Gasteiger partial charge in [-0.25, -0.2) is 0 Å². The molecule has 0 aliphatic heterocycles. The second kappa shape index (κ2) is 8.39. The van der Waals surface area contributed by atoms with Gasteiger partial charge in [-0.15, -0.1) is 0 Å². The van der Waals surface area contributed by atoms with Gasteiger partial charge in [0.1, 0.15) is 11.5 Å². The van der Waals surface area contributed by atoms with Crippen LogP contribution in [-0.2, 0) is 11.3 Å². The van der Waals surface area contributed by atoms with Gasteiger partial charge in [-0.1, -0.05) is 29.8 Å². The van der Waals surface area contributed by atoms with Crippen LogP contribution in [0.4, 0.5) is 0 Å². The van der Waals surface area contributed by atoms with Crippen molar-refractivity contribution in [3.63, 3.8) is 0 Å². The fourth-order valence-corrected chi connectivity index (χ4v) is 2.21. The van der Waals surface area contributed by atoms with E-state index in [-0.39, 0.29) is 12.0 Å². The van der Waals surface area contributed by atoms with Gasteiger partial charge in [-0.3, -0.25) is 4.79 Å². The summed E-state index contributed by atoms with van der Waals surface area (Å²) in [5.74, 6) is 1.35. The van der Waals surface area contributed by atoms with Gasteiger partial charge in [0.15, 0.2) is 6.10 Å². The number of carbonyl (C=O) groups is 1. The molecule has 0 bridgehead atoms. The fraction of sp³-hybridized carbons (Fsp3) is 0.350. The van der Waals surface area contributed by atoms with E-state index in [0.29, 0.717) is 12.3 Å². The van der Waals surface area contributed by atoms with Crippen molar-refractivity contribution in [3.8, 4) is 11.5 Å². The second-order valence-electron chi connectivity index (χ2n) is 6.10. The summed E-state index contributed by atoms with van der Waals surface area (Å²) in [4.78, 5) is 12.2. The molecule has 2 rings (SSSR count). The van der Waals surface area contributed by atoms with Crippen LogP contribution in [-0.4, -0.2) is 18.1 Å². The Morgan fingerprint density at radius 2 is 1.71 bits per heavy atom. The minimum Gasteiger partial charge on any atom is -0.491 e. The first kappa shape index (κ1) is 17.9. The highest BCUT2D eigenvalue weighted by Crippen LogP contribution is 2.15. The largest absolute Gasteiger partial charge is 0.491 e. The van der Waals surface area contributed by atoms with E-state index in [1.54, 1.807) is 6.92 Å². The topological polar surface area (TPSA) is 47.6 Å². The SMILES string of the molecule is Cc1ccc(O[C@H](C)C(=O)NCc2cccc(OC(C)C)c2)cc1.